The number of nitrogens with zero attached hydrogens (tertiary/aromatic N) is 7. The van der Waals surface area contributed by atoms with E-state index in [1.807, 2.05) is 6.08 Å². The van der Waals surface area contributed by atoms with E-state index in [-0.39, 0.29) is 48.3 Å². The van der Waals surface area contributed by atoms with E-state index in [9.17, 15) is 43.5 Å². The summed E-state index contributed by atoms with van der Waals surface area (Å²) in [6.07, 6.45) is 15.1. The third-order valence-corrected chi connectivity index (χ3v) is 12.9. The Bertz CT molecular complexity index is 2300. The average molecular weight is 1120 g/mol. The Hall–Kier alpha value is -5.98. The molecule has 2 unspecified atom stereocenters. The summed E-state index contributed by atoms with van der Waals surface area (Å²) in [5.74, 6) is -2.32. The molecular formula is C51H75N9O11S4. The first-order valence-electron chi connectivity index (χ1n) is 24.0. The maximum absolute atomic E-state index is 13.1. The topological polar surface area (TPSA) is 272 Å². The van der Waals surface area contributed by atoms with Gasteiger partial charge in [0.2, 0.25) is 17.7 Å². The predicted octanol–water partition coefficient (Wildman–Crippen LogP) is 9.82. The highest BCUT2D eigenvalue weighted by atomic mass is 32.2. The molecule has 24 heteroatoms. The number of thioether (sulfide) groups is 2. The number of carboxylic acid groups (broad SMARTS) is 2. The van der Waals surface area contributed by atoms with E-state index in [0.29, 0.717) is 70.7 Å². The molecule has 1 aromatic carbocycles. The monoisotopic (exact) mass is 1120 g/mol. The number of Topliss-reactive ketones (excluding diaryl/α,β-unsaturated/α-hetero) is 1. The first-order valence-corrected chi connectivity index (χ1v) is 26.5. The van der Waals surface area contributed by atoms with Crippen LogP contribution in [0.4, 0.5) is 15.3 Å². The Balaban J connectivity index is 0.00000187. The van der Waals surface area contributed by atoms with Crippen molar-refractivity contribution in [3.8, 4) is 5.75 Å². The average Bonchev–Trinajstić information content (AvgIpc) is 3.93. The van der Waals surface area contributed by atoms with Gasteiger partial charge in [-0.2, -0.15) is 0 Å². The fraction of sp³-hybridized carbons (Fsp3) is 0.529. The lowest BCUT2D eigenvalue weighted by molar-refractivity contribution is -0.148. The van der Waals surface area contributed by atoms with Gasteiger partial charge in [-0.15, -0.1) is 28.6 Å². The second kappa shape index (κ2) is 36.9. The molecule has 0 aliphatic carbocycles. The second-order valence-electron chi connectivity index (χ2n) is 18.0. The Labute approximate surface area is 460 Å². The lowest BCUT2D eigenvalue weighted by Gasteiger charge is -2.26. The van der Waals surface area contributed by atoms with Gasteiger partial charge in [-0.3, -0.25) is 28.8 Å². The van der Waals surface area contributed by atoms with Crippen molar-refractivity contribution >= 4 is 110 Å². The maximum Gasteiger partial charge on any atom is 0.375 e. The number of imide groups is 1. The Kier molecular flexibility index (Phi) is 33.9. The molecule has 2 heterocycles. The van der Waals surface area contributed by atoms with Crippen molar-refractivity contribution in [1.82, 2.24) is 30.5 Å². The molecule has 414 valence electrons. The molecule has 2 atom stereocenters. The van der Waals surface area contributed by atoms with Crippen molar-refractivity contribution in [2.24, 2.45) is 21.6 Å². The summed E-state index contributed by atoms with van der Waals surface area (Å²) in [5.41, 5.74) is -0.272. The summed E-state index contributed by atoms with van der Waals surface area (Å²) in [7, 11) is 3.37. The van der Waals surface area contributed by atoms with Gasteiger partial charge in [0.15, 0.2) is 0 Å². The molecule has 3 rings (SSSR count). The SMILES string of the molecule is C=C/C=C/CCC.C=CC(=O)N(C)C.CC(=O)C(CCCC(CC(C)(C)C(=O)O)C(=O)NCCCCCNC(=O)Cn1cc(COc2ccc(N3C(=O)N=NC3=O)cc2)nn1)SC(C)=S.CC(=S)SC(C)(C)C(=O)O. The van der Waals surface area contributed by atoms with Crippen molar-refractivity contribution in [3.05, 3.63) is 73.6 Å². The van der Waals surface area contributed by atoms with Crippen LogP contribution >= 0.6 is 48.0 Å². The summed E-state index contributed by atoms with van der Waals surface area (Å²) in [6, 6.07) is 4.70. The number of amides is 7. The van der Waals surface area contributed by atoms with E-state index >= 15 is 0 Å². The first kappa shape index (κ1) is 69.0. The van der Waals surface area contributed by atoms with Crippen LogP contribution in [0.3, 0.4) is 0 Å². The molecule has 0 radical (unpaired) electrons. The third-order valence-electron chi connectivity index (χ3n) is 10.2. The minimum absolute atomic E-state index is 0.0242. The number of benzene rings is 1. The fourth-order valence-corrected chi connectivity index (χ4v) is 8.72. The number of rotatable bonds is 28. The number of azo groups is 1. The number of unbranched alkanes of at least 4 members (excludes halogenated alkanes) is 3. The zero-order valence-corrected chi connectivity index (χ0v) is 48.1. The number of aliphatic carboxylic acids is 2. The van der Waals surface area contributed by atoms with Crippen LogP contribution in [0, 0.1) is 11.3 Å². The molecule has 0 bridgehead atoms. The second-order valence-corrected chi connectivity index (χ2v) is 23.0. The van der Waals surface area contributed by atoms with Crippen molar-refractivity contribution in [3.63, 3.8) is 0 Å². The van der Waals surface area contributed by atoms with Gasteiger partial charge < -0.3 is 30.5 Å². The molecule has 7 amide bonds. The largest absolute Gasteiger partial charge is 0.487 e. The van der Waals surface area contributed by atoms with E-state index < -0.39 is 40.1 Å². The van der Waals surface area contributed by atoms with Crippen molar-refractivity contribution in [2.75, 3.05) is 32.1 Å². The Morgan fingerprint density at radius 2 is 1.47 bits per heavy atom. The normalized spacial score (nSPS) is 12.6. The van der Waals surface area contributed by atoms with Crippen LogP contribution in [0.2, 0.25) is 0 Å². The highest BCUT2D eigenvalue weighted by molar-refractivity contribution is 8.24. The van der Waals surface area contributed by atoms with Gasteiger partial charge in [-0.05, 0) is 124 Å². The molecular weight excluding hydrogens is 1040 g/mol. The van der Waals surface area contributed by atoms with Crippen LogP contribution in [-0.2, 0) is 41.9 Å². The zero-order chi connectivity index (χ0) is 57.3. The number of allylic oxidation sites excluding steroid dienone is 3. The smallest absolute Gasteiger partial charge is 0.375 e. The van der Waals surface area contributed by atoms with E-state index in [1.54, 1.807) is 80.0 Å². The van der Waals surface area contributed by atoms with Gasteiger partial charge in [0.1, 0.15) is 35.1 Å². The van der Waals surface area contributed by atoms with Crippen molar-refractivity contribution in [2.45, 2.75) is 136 Å². The van der Waals surface area contributed by atoms with Crippen LogP contribution in [0.15, 0.2) is 78.2 Å². The minimum Gasteiger partial charge on any atom is -0.487 e. The lowest BCUT2D eigenvalue weighted by Crippen LogP contribution is -2.36. The molecule has 20 nitrogen and oxygen atoms in total. The highest BCUT2D eigenvalue weighted by Crippen LogP contribution is 2.31. The number of ether oxygens (including phenoxy) is 1. The number of hydrogen-bond acceptors (Lipinski definition) is 15. The molecule has 75 heavy (non-hydrogen) atoms. The molecule has 2 aromatic rings. The Morgan fingerprint density at radius 1 is 0.867 bits per heavy atom. The quantitative estimate of drug-likeness (QED) is 0.0267. The van der Waals surface area contributed by atoms with Crippen LogP contribution in [0.5, 0.6) is 5.75 Å². The van der Waals surface area contributed by atoms with Gasteiger partial charge in [0.25, 0.3) is 0 Å². The van der Waals surface area contributed by atoms with Gasteiger partial charge in [0.05, 0.1) is 22.5 Å². The number of anilines is 1. The zero-order valence-electron chi connectivity index (χ0n) is 44.8. The lowest BCUT2D eigenvalue weighted by atomic mass is 9.80. The number of urea groups is 2. The number of ketones is 1. The number of nitrogens with one attached hydrogen (secondary N) is 2. The van der Waals surface area contributed by atoms with Crippen molar-refractivity contribution < 1.29 is 53.3 Å². The van der Waals surface area contributed by atoms with Crippen LogP contribution in [0.25, 0.3) is 0 Å². The van der Waals surface area contributed by atoms with Gasteiger partial charge in [-0.1, -0.05) is 91.0 Å². The van der Waals surface area contributed by atoms with Gasteiger partial charge >= 0.3 is 24.0 Å². The molecule has 0 spiro atoms. The molecule has 1 aromatic heterocycles. The van der Waals surface area contributed by atoms with Gasteiger partial charge in [-0.25, -0.2) is 19.2 Å². The minimum atomic E-state index is -1.08. The molecule has 4 N–H and O–H groups in total. The van der Waals surface area contributed by atoms with E-state index in [4.69, 9.17) is 34.3 Å². The van der Waals surface area contributed by atoms with Crippen molar-refractivity contribution in [1.29, 1.82) is 0 Å². The summed E-state index contributed by atoms with van der Waals surface area (Å²) in [6.45, 7) is 21.4. The van der Waals surface area contributed by atoms with Crippen LogP contribution < -0.4 is 20.3 Å². The summed E-state index contributed by atoms with van der Waals surface area (Å²) < 4.78 is 7.63. The summed E-state index contributed by atoms with van der Waals surface area (Å²) in [4.78, 5) is 95.6. The first-order chi connectivity index (χ1) is 35.1. The molecule has 0 fully saturated rings. The number of carboxylic acids is 2. The van der Waals surface area contributed by atoms with Gasteiger partial charge in [0, 0.05) is 41.5 Å². The molecule has 1 aliphatic heterocycles. The van der Waals surface area contributed by atoms with Crippen LogP contribution in [0.1, 0.15) is 119 Å². The highest BCUT2D eigenvalue weighted by Gasteiger charge is 2.34. The number of hydrogen-bond donors (Lipinski definition) is 4. The number of thiocarbonyl (C=S) groups is 2. The third kappa shape index (κ3) is 30.2. The Morgan fingerprint density at radius 3 is 1.93 bits per heavy atom. The maximum atomic E-state index is 13.1. The predicted molar refractivity (Wildman–Crippen MR) is 303 cm³/mol. The van der Waals surface area contributed by atoms with E-state index in [1.165, 1.54) is 71.1 Å². The molecule has 0 saturated carbocycles. The number of carbonyl (C=O) groups excluding carboxylic acids is 6. The number of aromatic nitrogens is 3. The van der Waals surface area contributed by atoms with E-state index in [2.05, 4.69) is 57.3 Å². The molecule has 1 aliphatic rings. The fourth-order valence-electron chi connectivity index (χ4n) is 6.09. The number of carbonyl (C=O) groups is 8. The standard InChI is InChI=1S/C33H44N8O8S2.C7H12.C6H10O2S2.C5H9NO/c1-21(42)27(51-22(2)50)10-8-9-23(17-33(3,4)30(45)46)29(44)35-16-7-5-6-15-34-28(43)19-40-18-24(36-39-40)20-49-26-13-11-25(12-14-26)41-31(47)37-38-32(41)48;1-3-5-7-6-4-2;1-4(9)10-6(2,3)5(7)8;1-4-5(7)6(2)3/h11-14,18,23,27H,5-10,15-17,19-20H2,1-4H3,(H,34,43)(H,35,44)(H,45,46);3,5,7H,1,4,6H2,2H3;1-3H3,(H,7,8);4H,1H2,2-3H3/b;7-5+;;. The molecule has 0 saturated heterocycles. The summed E-state index contributed by atoms with van der Waals surface area (Å²) in [5, 5.41) is 38.1. The summed E-state index contributed by atoms with van der Waals surface area (Å²) >= 11 is 12.4. The number of likely N-dealkylation sites (N-methyl/N-ethyl adjacent to an activating group) is 1. The van der Waals surface area contributed by atoms with E-state index in [0.717, 1.165) is 11.3 Å². The van der Waals surface area contributed by atoms with Crippen LogP contribution in [-0.4, -0.2) is 123 Å².